The molecule has 2 unspecified atom stereocenters. The number of rotatable bonds is 8. The van der Waals surface area contributed by atoms with Crippen LogP contribution in [0.2, 0.25) is 0 Å². The maximum atomic E-state index is 12.6. The summed E-state index contributed by atoms with van der Waals surface area (Å²) in [6, 6.07) is 20.2. The molecule has 2 heterocycles. The Balaban J connectivity index is 0.000000555. The highest BCUT2D eigenvalue weighted by Gasteiger charge is 2.40. The fourth-order valence-corrected chi connectivity index (χ4v) is 3.78. The number of hydrogen-bond acceptors (Lipinski definition) is 6. The molecular formula is C28H30N4O5. The summed E-state index contributed by atoms with van der Waals surface area (Å²) in [5, 5.41) is 8.22. The van der Waals surface area contributed by atoms with E-state index in [2.05, 4.69) is 20.9 Å². The van der Waals surface area contributed by atoms with Gasteiger partial charge in [-0.25, -0.2) is 0 Å². The monoisotopic (exact) mass is 502 g/mol. The molecule has 1 fully saturated rings. The van der Waals surface area contributed by atoms with Gasteiger partial charge in [-0.05, 0) is 18.1 Å². The first-order chi connectivity index (χ1) is 17.8. The van der Waals surface area contributed by atoms with Crippen molar-refractivity contribution < 1.29 is 24.0 Å². The Morgan fingerprint density at radius 2 is 1.65 bits per heavy atom. The van der Waals surface area contributed by atoms with E-state index in [1.54, 1.807) is 19.9 Å². The van der Waals surface area contributed by atoms with Crippen LogP contribution in [0.4, 0.5) is 0 Å². The molecule has 9 heteroatoms. The SMILES string of the molecule is CC(C)C(NC(=O)CCNC(=O)c1cnc2ccccc2c1)C(=O)C1CC(=O)NC1=O.c1ccccc1. The highest BCUT2D eigenvalue weighted by atomic mass is 16.2. The number of hydrogen-bond donors (Lipinski definition) is 3. The first-order valence-corrected chi connectivity index (χ1v) is 12.1. The topological polar surface area (TPSA) is 134 Å². The molecule has 0 spiro atoms. The van der Waals surface area contributed by atoms with Gasteiger partial charge in [0.15, 0.2) is 5.78 Å². The standard InChI is InChI=1S/C22H24N4O5.C6H6/c1-12(2)19(20(29)15-10-18(28)26-22(15)31)25-17(27)7-8-23-21(30)14-9-13-5-3-4-6-16(13)24-11-14;1-2-4-6-5-3-1/h3-6,9,11-12,15,19H,7-8,10H2,1-2H3,(H,23,30)(H,25,27)(H,26,28,31);1-6H. The van der Waals surface area contributed by atoms with Gasteiger partial charge in [-0.1, -0.05) is 68.4 Å². The molecule has 1 aliphatic rings. The lowest BCUT2D eigenvalue weighted by Crippen LogP contribution is -2.48. The average Bonchev–Trinajstić information content (AvgIpc) is 3.25. The minimum atomic E-state index is -1.08. The van der Waals surface area contributed by atoms with Crippen LogP contribution in [0.3, 0.4) is 0 Å². The van der Waals surface area contributed by atoms with Crippen molar-refractivity contribution >= 4 is 40.3 Å². The number of nitrogens with one attached hydrogen (secondary N) is 3. The van der Waals surface area contributed by atoms with Crippen LogP contribution in [0.15, 0.2) is 72.9 Å². The Morgan fingerprint density at radius 3 is 2.24 bits per heavy atom. The Labute approximate surface area is 215 Å². The van der Waals surface area contributed by atoms with Crippen LogP contribution in [0, 0.1) is 11.8 Å². The van der Waals surface area contributed by atoms with Gasteiger partial charge in [0.05, 0.1) is 17.1 Å². The molecule has 4 amide bonds. The van der Waals surface area contributed by atoms with Crippen molar-refractivity contribution in [3.8, 4) is 0 Å². The molecule has 1 saturated heterocycles. The summed E-state index contributed by atoms with van der Waals surface area (Å²) in [6.45, 7) is 3.55. The van der Waals surface area contributed by atoms with E-state index in [0.717, 1.165) is 10.9 Å². The molecule has 0 saturated carbocycles. The third kappa shape index (κ3) is 7.79. The van der Waals surface area contributed by atoms with Crippen molar-refractivity contribution in [2.75, 3.05) is 6.54 Å². The van der Waals surface area contributed by atoms with Gasteiger partial charge in [0.25, 0.3) is 5.91 Å². The second-order valence-corrected chi connectivity index (χ2v) is 8.94. The van der Waals surface area contributed by atoms with Crippen LogP contribution in [-0.2, 0) is 19.2 Å². The molecule has 9 nitrogen and oxygen atoms in total. The fourth-order valence-electron chi connectivity index (χ4n) is 3.78. The fraction of sp³-hybridized carbons (Fsp3) is 0.286. The molecule has 3 aromatic rings. The van der Waals surface area contributed by atoms with Gasteiger partial charge in [-0.15, -0.1) is 0 Å². The lowest BCUT2D eigenvalue weighted by molar-refractivity contribution is -0.136. The van der Waals surface area contributed by atoms with Crippen LogP contribution in [0.5, 0.6) is 0 Å². The zero-order valence-corrected chi connectivity index (χ0v) is 20.8. The van der Waals surface area contributed by atoms with E-state index in [9.17, 15) is 24.0 Å². The summed E-state index contributed by atoms with van der Waals surface area (Å²) >= 11 is 0. The Kier molecular flexibility index (Phi) is 9.60. The molecule has 192 valence electrons. The molecule has 4 rings (SSSR count). The highest BCUT2D eigenvalue weighted by Crippen LogP contribution is 2.17. The number of imide groups is 1. The van der Waals surface area contributed by atoms with Gasteiger partial charge in [-0.3, -0.25) is 34.3 Å². The van der Waals surface area contributed by atoms with Crippen LogP contribution in [0.1, 0.15) is 37.0 Å². The molecule has 0 radical (unpaired) electrons. The van der Waals surface area contributed by atoms with Crippen molar-refractivity contribution in [1.82, 2.24) is 20.9 Å². The van der Waals surface area contributed by atoms with E-state index in [0.29, 0.717) is 5.56 Å². The van der Waals surface area contributed by atoms with E-state index in [4.69, 9.17) is 0 Å². The number of fused-ring (bicyclic) bond motifs is 1. The predicted molar refractivity (Wildman–Crippen MR) is 138 cm³/mol. The molecule has 1 aliphatic heterocycles. The quantitative estimate of drug-likeness (QED) is 0.320. The van der Waals surface area contributed by atoms with Crippen molar-refractivity contribution in [1.29, 1.82) is 0 Å². The number of carbonyl (C=O) groups excluding carboxylic acids is 5. The molecule has 3 N–H and O–H groups in total. The number of ketones is 1. The number of aromatic nitrogens is 1. The van der Waals surface area contributed by atoms with Gasteiger partial charge in [0.2, 0.25) is 17.7 Å². The van der Waals surface area contributed by atoms with Gasteiger partial charge >= 0.3 is 0 Å². The molecule has 0 bridgehead atoms. The van der Waals surface area contributed by atoms with Crippen molar-refractivity contribution in [2.45, 2.75) is 32.7 Å². The minimum absolute atomic E-state index is 0.0426. The van der Waals surface area contributed by atoms with Gasteiger partial charge in [0, 0.05) is 31.0 Å². The van der Waals surface area contributed by atoms with Gasteiger partial charge in [-0.2, -0.15) is 0 Å². The number of carbonyl (C=O) groups is 5. The highest BCUT2D eigenvalue weighted by molar-refractivity contribution is 6.15. The van der Waals surface area contributed by atoms with Crippen molar-refractivity contribution in [2.24, 2.45) is 11.8 Å². The lowest BCUT2D eigenvalue weighted by Gasteiger charge is -2.23. The Hall–Kier alpha value is -4.40. The molecule has 0 aliphatic carbocycles. The number of pyridine rings is 1. The van der Waals surface area contributed by atoms with Gasteiger partial charge < -0.3 is 10.6 Å². The van der Waals surface area contributed by atoms with E-state index in [-0.39, 0.29) is 31.2 Å². The van der Waals surface area contributed by atoms with Crippen molar-refractivity contribution in [3.05, 3.63) is 78.5 Å². The number of amides is 4. The Bertz CT molecular complexity index is 1250. The summed E-state index contributed by atoms with van der Waals surface area (Å²) < 4.78 is 0. The largest absolute Gasteiger partial charge is 0.351 e. The maximum Gasteiger partial charge on any atom is 0.252 e. The first kappa shape index (κ1) is 27.2. The van der Waals surface area contributed by atoms with E-state index in [1.165, 1.54) is 6.20 Å². The maximum absolute atomic E-state index is 12.6. The minimum Gasteiger partial charge on any atom is -0.351 e. The number of benzene rings is 2. The predicted octanol–water partition coefficient (Wildman–Crippen LogP) is 2.41. The van der Waals surface area contributed by atoms with Crippen LogP contribution < -0.4 is 16.0 Å². The Morgan fingerprint density at radius 1 is 1.00 bits per heavy atom. The van der Waals surface area contributed by atoms with Crippen LogP contribution in [-0.4, -0.2) is 47.0 Å². The summed E-state index contributed by atoms with van der Waals surface area (Å²) in [5.41, 5.74) is 1.16. The lowest BCUT2D eigenvalue weighted by atomic mass is 9.90. The summed E-state index contributed by atoms with van der Waals surface area (Å²) in [5.74, 6) is -3.76. The molecular weight excluding hydrogens is 472 g/mol. The van der Waals surface area contributed by atoms with Crippen LogP contribution >= 0.6 is 0 Å². The normalized spacial score (nSPS) is 15.4. The molecule has 37 heavy (non-hydrogen) atoms. The summed E-state index contributed by atoms with van der Waals surface area (Å²) in [6.07, 6.45) is 1.23. The molecule has 1 aromatic heterocycles. The second kappa shape index (κ2) is 13.1. The van der Waals surface area contributed by atoms with Crippen LogP contribution in [0.25, 0.3) is 10.9 Å². The number of nitrogens with zero attached hydrogens (tertiary/aromatic N) is 1. The zero-order chi connectivity index (χ0) is 26.8. The second-order valence-electron chi connectivity index (χ2n) is 8.94. The summed E-state index contributed by atoms with van der Waals surface area (Å²) in [4.78, 5) is 64.7. The molecule has 2 atom stereocenters. The van der Waals surface area contributed by atoms with E-state index < -0.39 is 35.5 Å². The van der Waals surface area contributed by atoms with Gasteiger partial charge in [0.1, 0.15) is 5.92 Å². The third-order valence-corrected chi connectivity index (χ3v) is 5.76. The first-order valence-electron chi connectivity index (χ1n) is 12.1. The van der Waals surface area contributed by atoms with Crippen molar-refractivity contribution in [3.63, 3.8) is 0 Å². The number of Topliss-reactive ketones (excluding diaryl/α,β-unsaturated/α-hetero) is 1. The smallest absolute Gasteiger partial charge is 0.252 e. The number of para-hydroxylation sites is 1. The van der Waals surface area contributed by atoms with E-state index >= 15 is 0 Å². The third-order valence-electron chi connectivity index (χ3n) is 5.76. The van der Waals surface area contributed by atoms with E-state index in [1.807, 2.05) is 60.7 Å². The summed E-state index contributed by atoms with van der Waals surface area (Å²) in [7, 11) is 0. The zero-order valence-electron chi connectivity index (χ0n) is 20.8. The molecule has 2 aromatic carbocycles. The average molecular weight is 503 g/mol.